The van der Waals surface area contributed by atoms with E-state index in [9.17, 15) is 9.59 Å². The molecule has 0 radical (unpaired) electrons. The van der Waals surface area contributed by atoms with E-state index in [1.807, 2.05) is 41.5 Å². The molecule has 0 fully saturated rings. The Bertz CT molecular complexity index is 348. The van der Waals surface area contributed by atoms with Crippen molar-refractivity contribution in [1.29, 1.82) is 0 Å². The Morgan fingerprint density at radius 1 is 1.10 bits per heavy atom. The molecule has 0 bridgehead atoms. The highest BCUT2D eigenvalue weighted by Gasteiger charge is 2.14. The number of hydrogen-bond acceptors (Lipinski definition) is 2. The maximum Gasteiger partial charge on any atom is 0.223 e. The van der Waals surface area contributed by atoms with Crippen molar-refractivity contribution < 1.29 is 9.59 Å². The van der Waals surface area contributed by atoms with E-state index >= 15 is 0 Å². The monoisotopic (exact) mass is 282 g/mol. The van der Waals surface area contributed by atoms with Gasteiger partial charge >= 0.3 is 0 Å². The van der Waals surface area contributed by atoms with Gasteiger partial charge in [-0.1, -0.05) is 25.5 Å². The molecule has 0 aromatic carbocycles. The summed E-state index contributed by atoms with van der Waals surface area (Å²) < 4.78 is 0. The zero-order chi connectivity index (χ0) is 15.7. The van der Waals surface area contributed by atoms with Gasteiger partial charge in [-0.15, -0.1) is 0 Å². The average molecular weight is 282 g/mol. The van der Waals surface area contributed by atoms with Crippen molar-refractivity contribution in [1.82, 2.24) is 10.6 Å². The number of carbonyl (C=O) groups excluding carboxylic acids is 2. The van der Waals surface area contributed by atoms with Crippen LogP contribution in [0.3, 0.4) is 0 Å². The smallest absolute Gasteiger partial charge is 0.223 e. The SMILES string of the molecule is CCC(=O)NC(C)C/C=C(\C)CC(C)C(=O)NC(C)C. The molecule has 0 aliphatic heterocycles. The van der Waals surface area contributed by atoms with Crippen molar-refractivity contribution in [3.05, 3.63) is 11.6 Å². The summed E-state index contributed by atoms with van der Waals surface area (Å²) in [5, 5.41) is 5.85. The highest BCUT2D eigenvalue weighted by Crippen LogP contribution is 2.12. The summed E-state index contributed by atoms with van der Waals surface area (Å²) in [6.45, 7) is 11.7. The fraction of sp³-hybridized carbons (Fsp3) is 0.750. The highest BCUT2D eigenvalue weighted by molar-refractivity contribution is 5.78. The lowest BCUT2D eigenvalue weighted by Gasteiger charge is -2.15. The Kier molecular flexibility index (Phi) is 8.93. The van der Waals surface area contributed by atoms with Gasteiger partial charge in [0, 0.05) is 24.4 Å². The van der Waals surface area contributed by atoms with Crippen LogP contribution in [0.5, 0.6) is 0 Å². The van der Waals surface area contributed by atoms with E-state index in [0.29, 0.717) is 6.42 Å². The highest BCUT2D eigenvalue weighted by atomic mass is 16.2. The standard InChI is InChI=1S/C16H30N2O2/c1-7-15(19)18-14(6)9-8-12(4)10-13(5)16(20)17-11(2)3/h8,11,13-14H,7,9-10H2,1-6H3,(H,17,20)(H,18,19)/b12-8+. The number of amides is 2. The number of nitrogens with one attached hydrogen (secondary N) is 2. The Morgan fingerprint density at radius 2 is 1.70 bits per heavy atom. The summed E-state index contributed by atoms with van der Waals surface area (Å²) in [4.78, 5) is 23.1. The van der Waals surface area contributed by atoms with E-state index in [0.717, 1.165) is 12.8 Å². The summed E-state index contributed by atoms with van der Waals surface area (Å²) in [6, 6.07) is 0.315. The molecule has 2 unspecified atom stereocenters. The molecule has 0 aromatic heterocycles. The first kappa shape index (κ1) is 18.7. The average Bonchev–Trinajstić information content (AvgIpc) is 2.35. The van der Waals surface area contributed by atoms with Gasteiger partial charge in [-0.25, -0.2) is 0 Å². The summed E-state index contributed by atoms with van der Waals surface area (Å²) >= 11 is 0. The van der Waals surface area contributed by atoms with Crippen molar-refractivity contribution in [3.8, 4) is 0 Å². The maximum absolute atomic E-state index is 11.8. The molecule has 0 aliphatic carbocycles. The topological polar surface area (TPSA) is 58.2 Å². The van der Waals surface area contributed by atoms with Crippen molar-refractivity contribution in [2.45, 2.75) is 72.9 Å². The molecule has 20 heavy (non-hydrogen) atoms. The number of rotatable bonds is 8. The number of hydrogen-bond donors (Lipinski definition) is 2. The molecular weight excluding hydrogens is 252 g/mol. The minimum Gasteiger partial charge on any atom is -0.354 e. The minimum absolute atomic E-state index is 0.0193. The van der Waals surface area contributed by atoms with Crippen molar-refractivity contribution in [2.75, 3.05) is 0 Å². The zero-order valence-electron chi connectivity index (χ0n) is 13.7. The van der Waals surface area contributed by atoms with Crippen LogP contribution in [0, 0.1) is 5.92 Å². The van der Waals surface area contributed by atoms with Gasteiger partial charge in [-0.3, -0.25) is 9.59 Å². The Labute approximate surface area is 123 Å². The van der Waals surface area contributed by atoms with Crippen LogP contribution in [0.4, 0.5) is 0 Å². The summed E-state index contributed by atoms with van der Waals surface area (Å²) in [7, 11) is 0. The lowest BCUT2D eigenvalue weighted by atomic mass is 9.99. The molecule has 116 valence electrons. The van der Waals surface area contributed by atoms with E-state index < -0.39 is 0 Å². The predicted molar refractivity (Wildman–Crippen MR) is 83.3 cm³/mol. The molecular formula is C16H30N2O2. The van der Waals surface area contributed by atoms with Gasteiger partial charge in [-0.2, -0.15) is 0 Å². The van der Waals surface area contributed by atoms with E-state index in [1.165, 1.54) is 5.57 Å². The molecule has 2 atom stereocenters. The molecule has 0 saturated heterocycles. The van der Waals surface area contributed by atoms with Gasteiger partial charge in [-0.05, 0) is 40.5 Å². The van der Waals surface area contributed by atoms with Gasteiger partial charge in [0.25, 0.3) is 0 Å². The molecule has 0 aliphatic rings. The van der Waals surface area contributed by atoms with Gasteiger partial charge in [0.15, 0.2) is 0 Å². The summed E-state index contributed by atoms with van der Waals surface area (Å²) in [5.41, 5.74) is 1.19. The Morgan fingerprint density at radius 3 is 2.20 bits per heavy atom. The van der Waals surface area contributed by atoms with Gasteiger partial charge in [0.1, 0.15) is 0 Å². The molecule has 0 saturated carbocycles. The van der Waals surface area contributed by atoms with E-state index in [-0.39, 0.29) is 29.8 Å². The molecule has 0 aromatic rings. The largest absolute Gasteiger partial charge is 0.354 e. The fourth-order valence-corrected chi connectivity index (χ4v) is 1.90. The van der Waals surface area contributed by atoms with Crippen molar-refractivity contribution in [3.63, 3.8) is 0 Å². The zero-order valence-corrected chi connectivity index (χ0v) is 13.7. The van der Waals surface area contributed by atoms with Crippen LogP contribution in [0.15, 0.2) is 11.6 Å². The third-order valence-electron chi connectivity index (χ3n) is 3.06. The molecule has 0 spiro atoms. The molecule has 4 heteroatoms. The fourth-order valence-electron chi connectivity index (χ4n) is 1.90. The first-order chi connectivity index (χ1) is 9.26. The summed E-state index contributed by atoms with van der Waals surface area (Å²) in [6.07, 6.45) is 4.18. The second-order valence-corrected chi connectivity index (χ2v) is 5.88. The van der Waals surface area contributed by atoms with E-state index in [2.05, 4.69) is 16.7 Å². The van der Waals surface area contributed by atoms with Crippen LogP contribution in [0.25, 0.3) is 0 Å². The third kappa shape index (κ3) is 8.73. The lowest BCUT2D eigenvalue weighted by Crippen LogP contribution is -2.34. The lowest BCUT2D eigenvalue weighted by molar-refractivity contribution is -0.125. The van der Waals surface area contributed by atoms with E-state index in [4.69, 9.17) is 0 Å². The first-order valence-corrected chi connectivity index (χ1v) is 7.51. The van der Waals surface area contributed by atoms with Crippen LogP contribution >= 0.6 is 0 Å². The summed E-state index contributed by atoms with van der Waals surface area (Å²) in [5.74, 6) is 0.155. The number of carbonyl (C=O) groups is 2. The van der Waals surface area contributed by atoms with Crippen LogP contribution < -0.4 is 10.6 Å². The second-order valence-electron chi connectivity index (χ2n) is 5.88. The maximum atomic E-state index is 11.8. The molecule has 2 N–H and O–H groups in total. The first-order valence-electron chi connectivity index (χ1n) is 7.51. The minimum atomic E-state index is -0.0193. The van der Waals surface area contributed by atoms with Crippen LogP contribution in [0.1, 0.15) is 60.8 Å². The van der Waals surface area contributed by atoms with Crippen LogP contribution in [-0.2, 0) is 9.59 Å². The second kappa shape index (κ2) is 9.56. The van der Waals surface area contributed by atoms with Crippen LogP contribution in [-0.4, -0.2) is 23.9 Å². The Hall–Kier alpha value is -1.32. The molecule has 0 rings (SSSR count). The molecule has 2 amide bonds. The van der Waals surface area contributed by atoms with Gasteiger partial charge < -0.3 is 10.6 Å². The van der Waals surface area contributed by atoms with Gasteiger partial charge in [0.2, 0.25) is 11.8 Å². The molecule has 4 nitrogen and oxygen atoms in total. The quantitative estimate of drug-likeness (QED) is 0.673. The molecule has 0 heterocycles. The van der Waals surface area contributed by atoms with Crippen molar-refractivity contribution in [2.24, 2.45) is 5.92 Å². The Balaban J connectivity index is 4.18. The number of allylic oxidation sites excluding steroid dienone is 1. The third-order valence-corrected chi connectivity index (χ3v) is 3.06. The van der Waals surface area contributed by atoms with E-state index in [1.54, 1.807) is 0 Å². The normalized spacial score (nSPS) is 14.8. The van der Waals surface area contributed by atoms with Crippen LogP contribution in [0.2, 0.25) is 0 Å². The van der Waals surface area contributed by atoms with Gasteiger partial charge in [0.05, 0.1) is 0 Å². The van der Waals surface area contributed by atoms with Crippen molar-refractivity contribution >= 4 is 11.8 Å². The predicted octanol–water partition coefficient (Wildman–Crippen LogP) is 2.79.